The van der Waals surface area contributed by atoms with Crippen LogP contribution in [0, 0.1) is 11.7 Å². The van der Waals surface area contributed by atoms with E-state index in [-0.39, 0.29) is 17.6 Å². The number of rotatable bonds is 5. The largest absolute Gasteiger partial charge is 0.342 e. The summed E-state index contributed by atoms with van der Waals surface area (Å²) in [5, 5.41) is 3.58. The van der Waals surface area contributed by atoms with Crippen molar-refractivity contribution in [2.45, 2.75) is 19.4 Å². The minimum atomic E-state index is -0.245. The predicted octanol–water partition coefficient (Wildman–Crippen LogP) is 5.73. The summed E-state index contributed by atoms with van der Waals surface area (Å²) in [6.07, 6.45) is 1.46. The zero-order valence-electron chi connectivity index (χ0n) is 18.0. The van der Waals surface area contributed by atoms with Gasteiger partial charge in [0.25, 0.3) is 0 Å². The van der Waals surface area contributed by atoms with Crippen molar-refractivity contribution in [2.75, 3.05) is 23.3 Å². The number of aromatic nitrogens is 2. The van der Waals surface area contributed by atoms with Gasteiger partial charge < -0.3 is 14.8 Å². The van der Waals surface area contributed by atoms with Crippen LogP contribution in [-0.4, -0.2) is 28.5 Å². The van der Waals surface area contributed by atoms with Gasteiger partial charge in [0.05, 0.1) is 17.6 Å². The summed E-state index contributed by atoms with van der Waals surface area (Å²) >= 11 is 6.03. The van der Waals surface area contributed by atoms with Crippen molar-refractivity contribution in [3.63, 3.8) is 0 Å². The van der Waals surface area contributed by atoms with Crippen molar-refractivity contribution in [3.05, 3.63) is 89.2 Å². The molecule has 1 aliphatic rings. The average Bonchev–Trinajstić information content (AvgIpc) is 3.17. The van der Waals surface area contributed by atoms with Crippen molar-refractivity contribution in [2.24, 2.45) is 5.92 Å². The van der Waals surface area contributed by atoms with E-state index in [4.69, 9.17) is 16.6 Å². The van der Waals surface area contributed by atoms with Crippen molar-refractivity contribution in [3.8, 4) is 0 Å². The van der Waals surface area contributed by atoms with Crippen molar-refractivity contribution < 1.29 is 9.18 Å². The van der Waals surface area contributed by atoms with Crippen LogP contribution in [0.5, 0.6) is 0 Å². The highest BCUT2D eigenvalue weighted by Gasteiger charge is 2.28. The van der Waals surface area contributed by atoms with Gasteiger partial charge in [0, 0.05) is 29.7 Å². The highest BCUT2D eigenvalue weighted by molar-refractivity contribution is 6.30. The normalized spacial score (nSPS) is 14.5. The average molecular weight is 463 g/mol. The lowest BCUT2D eigenvalue weighted by Gasteiger charge is -2.32. The van der Waals surface area contributed by atoms with Crippen LogP contribution in [0.2, 0.25) is 5.02 Å². The molecule has 1 aromatic heterocycles. The number of imidazole rings is 1. The Kier molecular flexibility index (Phi) is 6.01. The number of carbonyl (C=O) groups is 1. The number of fused-ring (bicyclic) bond motifs is 1. The fourth-order valence-electron chi connectivity index (χ4n) is 4.43. The molecule has 1 fully saturated rings. The van der Waals surface area contributed by atoms with E-state index in [0.29, 0.717) is 17.3 Å². The number of benzene rings is 3. The number of anilines is 2. The summed E-state index contributed by atoms with van der Waals surface area (Å²) < 4.78 is 15.9. The third kappa shape index (κ3) is 4.71. The molecule has 0 spiro atoms. The molecule has 1 saturated heterocycles. The van der Waals surface area contributed by atoms with Gasteiger partial charge in [-0.1, -0.05) is 41.9 Å². The van der Waals surface area contributed by atoms with Gasteiger partial charge in [0.15, 0.2) is 0 Å². The second kappa shape index (κ2) is 9.24. The second-order valence-corrected chi connectivity index (χ2v) is 8.81. The van der Waals surface area contributed by atoms with Crippen molar-refractivity contribution in [1.29, 1.82) is 0 Å². The van der Waals surface area contributed by atoms with E-state index in [2.05, 4.69) is 14.8 Å². The van der Waals surface area contributed by atoms with E-state index in [0.717, 1.165) is 48.5 Å². The number of hydrogen-bond donors (Lipinski definition) is 1. The van der Waals surface area contributed by atoms with Crippen LogP contribution >= 0.6 is 11.6 Å². The van der Waals surface area contributed by atoms with Gasteiger partial charge in [-0.2, -0.15) is 0 Å². The van der Waals surface area contributed by atoms with E-state index in [9.17, 15) is 9.18 Å². The standard InChI is InChI=1S/C26H24ClFN4O/c27-20-6-4-8-22(16-20)29-25(33)19-11-13-31(14-12-19)26-30-23-9-1-2-10-24(23)32(26)17-18-5-3-7-21(28)15-18/h1-10,15-16,19H,11-14,17H2,(H,29,33). The predicted molar refractivity (Wildman–Crippen MR) is 130 cm³/mol. The number of piperidine rings is 1. The minimum absolute atomic E-state index is 0.0187. The summed E-state index contributed by atoms with van der Waals surface area (Å²) in [6, 6.07) is 21.9. The van der Waals surface area contributed by atoms with E-state index in [1.807, 2.05) is 42.5 Å². The molecule has 1 amide bonds. The van der Waals surface area contributed by atoms with E-state index in [1.165, 1.54) is 6.07 Å². The Morgan fingerprint density at radius 1 is 1.03 bits per heavy atom. The molecule has 33 heavy (non-hydrogen) atoms. The first-order valence-electron chi connectivity index (χ1n) is 11.1. The highest BCUT2D eigenvalue weighted by atomic mass is 35.5. The topological polar surface area (TPSA) is 50.2 Å². The Labute approximate surface area is 196 Å². The number of carbonyl (C=O) groups excluding carboxylic acids is 1. The number of hydrogen-bond acceptors (Lipinski definition) is 3. The summed E-state index contributed by atoms with van der Waals surface area (Å²) in [5.74, 6) is 0.561. The Bertz CT molecular complexity index is 1300. The minimum Gasteiger partial charge on any atom is -0.342 e. The molecule has 168 valence electrons. The van der Waals surface area contributed by atoms with Crippen LogP contribution in [-0.2, 0) is 11.3 Å². The molecule has 7 heteroatoms. The lowest BCUT2D eigenvalue weighted by molar-refractivity contribution is -0.120. The molecule has 1 N–H and O–H groups in total. The molecule has 5 nitrogen and oxygen atoms in total. The molecule has 0 saturated carbocycles. The van der Waals surface area contributed by atoms with Gasteiger partial charge in [0.2, 0.25) is 11.9 Å². The highest BCUT2D eigenvalue weighted by Crippen LogP contribution is 2.28. The number of para-hydroxylation sites is 2. The smallest absolute Gasteiger partial charge is 0.227 e. The molecule has 0 unspecified atom stereocenters. The summed E-state index contributed by atoms with van der Waals surface area (Å²) in [5.41, 5.74) is 3.52. The van der Waals surface area contributed by atoms with E-state index >= 15 is 0 Å². The molecular weight excluding hydrogens is 439 g/mol. The zero-order chi connectivity index (χ0) is 22.8. The first-order valence-corrected chi connectivity index (χ1v) is 11.5. The van der Waals surface area contributed by atoms with E-state index in [1.54, 1.807) is 24.3 Å². The molecule has 1 aliphatic heterocycles. The third-order valence-electron chi connectivity index (χ3n) is 6.10. The number of nitrogens with one attached hydrogen (secondary N) is 1. The molecule has 0 radical (unpaired) electrons. The maximum absolute atomic E-state index is 13.8. The Morgan fingerprint density at radius 3 is 2.61 bits per heavy atom. The number of halogens is 2. The number of amides is 1. The van der Waals surface area contributed by atoms with Gasteiger partial charge in [-0.05, 0) is 60.9 Å². The van der Waals surface area contributed by atoms with Crippen LogP contribution in [0.15, 0.2) is 72.8 Å². The van der Waals surface area contributed by atoms with Gasteiger partial charge in [-0.3, -0.25) is 4.79 Å². The molecule has 2 heterocycles. The van der Waals surface area contributed by atoms with Gasteiger partial charge in [0.1, 0.15) is 5.82 Å². The Hall–Kier alpha value is -3.38. The number of nitrogens with zero attached hydrogens (tertiary/aromatic N) is 3. The molecule has 5 rings (SSSR count). The second-order valence-electron chi connectivity index (χ2n) is 8.38. The van der Waals surface area contributed by atoms with Crippen molar-refractivity contribution in [1.82, 2.24) is 9.55 Å². The Morgan fingerprint density at radius 2 is 1.82 bits per heavy atom. The molecular formula is C26H24ClFN4O. The molecule has 3 aromatic carbocycles. The summed E-state index contributed by atoms with van der Waals surface area (Å²) in [6.45, 7) is 1.98. The third-order valence-corrected chi connectivity index (χ3v) is 6.34. The quantitative estimate of drug-likeness (QED) is 0.412. The van der Waals surface area contributed by atoms with Gasteiger partial charge >= 0.3 is 0 Å². The van der Waals surface area contributed by atoms with Crippen molar-refractivity contribution >= 4 is 40.2 Å². The molecule has 4 aromatic rings. The lowest BCUT2D eigenvalue weighted by atomic mass is 9.96. The molecule has 0 bridgehead atoms. The van der Waals surface area contributed by atoms with Gasteiger partial charge in [-0.25, -0.2) is 9.37 Å². The SMILES string of the molecule is O=C(Nc1cccc(Cl)c1)C1CCN(c2nc3ccccc3n2Cc2cccc(F)c2)CC1. The van der Waals surface area contributed by atoms with Gasteiger partial charge in [-0.15, -0.1) is 0 Å². The van der Waals surface area contributed by atoms with Crippen LogP contribution in [0.3, 0.4) is 0 Å². The summed E-state index contributed by atoms with van der Waals surface area (Å²) in [4.78, 5) is 19.9. The molecule has 0 aliphatic carbocycles. The monoisotopic (exact) mass is 462 g/mol. The first-order chi connectivity index (χ1) is 16.1. The fourth-order valence-corrected chi connectivity index (χ4v) is 4.62. The van der Waals surface area contributed by atoms with E-state index < -0.39 is 0 Å². The van der Waals surface area contributed by atoms with Crippen LogP contribution in [0.4, 0.5) is 16.0 Å². The summed E-state index contributed by atoms with van der Waals surface area (Å²) in [7, 11) is 0. The zero-order valence-corrected chi connectivity index (χ0v) is 18.8. The first kappa shape index (κ1) is 21.5. The fraction of sp³-hybridized carbons (Fsp3) is 0.231. The van der Waals surface area contributed by atoms with Crippen LogP contribution in [0.1, 0.15) is 18.4 Å². The van der Waals surface area contributed by atoms with Crippen LogP contribution < -0.4 is 10.2 Å². The van der Waals surface area contributed by atoms with Crippen LogP contribution in [0.25, 0.3) is 11.0 Å². The lowest BCUT2D eigenvalue weighted by Crippen LogP contribution is -2.39. The maximum atomic E-state index is 13.8. The molecule has 0 atom stereocenters. The maximum Gasteiger partial charge on any atom is 0.227 e. The Balaban J connectivity index is 1.33.